The van der Waals surface area contributed by atoms with E-state index in [0.29, 0.717) is 5.69 Å². The summed E-state index contributed by atoms with van der Waals surface area (Å²) >= 11 is 0. The maximum Gasteiger partial charge on any atom is 0.418 e. The summed E-state index contributed by atoms with van der Waals surface area (Å²) in [7, 11) is 0. The largest absolute Gasteiger partial charge is 0.418 e. The fourth-order valence-corrected chi connectivity index (χ4v) is 2.95. The van der Waals surface area contributed by atoms with Gasteiger partial charge >= 0.3 is 6.18 Å². The summed E-state index contributed by atoms with van der Waals surface area (Å²) in [6.45, 7) is 6.20. The summed E-state index contributed by atoms with van der Waals surface area (Å²) in [6.07, 6.45) is -3.52. The highest BCUT2D eigenvalue weighted by Crippen LogP contribution is 2.36. The van der Waals surface area contributed by atoms with Crippen LogP contribution in [-0.4, -0.2) is 10.9 Å². The predicted molar refractivity (Wildman–Crippen MR) is 108 cm³/mol. The number of halogens is 4. The Labute approximate surface area is 171 Å². The average Bonchev–Trinajstić information content (AvgIpc) is 2.67. The number of alkyl halides is 3. The summed E-state index contributed by atoms with van der Waals surface area (Å²) in [6, 6.07) is 12.5. The van der Waals surface area contributed by atoms with E-state index in [0.717, 1.165) is 36.0 Å². The normalized spacial score (nSPS) is 12.0. The number of amides is 1. The second-order valence-corrected chi connectivity index (χ2v) is 7.87. The van der Waals surface area contributed by atoms with Gasteiger partial charge in [0.1, 0.15) is 5.82 Å². The van der Waals surface area contributed by atoms with Crippen LogP contribution in [0.4, 0.5) is 23.2 Å². The Morgan fingerprint density at radius 2 is 1.63 bits per heavy atom. The zero-order valence-electron chi connectivity index (χ0n) is 16.6. The van der Waals surface area contributed by atoms with Crippen molar-refractivity contribution in [3.63, 3.8) is 0 Å². The van der Waals surface area contributed by atoms with Crippen molar-refractivity contribution in [3.8, 4) is 11.3 Å². The van der Waals surface area contributed by atoms with Crippen molar-refractivity contribution in [3.05, 3.63) is 83.3 Å². The maximum absolute atomic E-state index is 14.6. The van der Waals surface area contributed by atoms with Gasteiger partial charge in [0.25, 0.3) is 5.91 Å². The molecule has 2 aromatic carbocycles. The lowest BCUT2D eigenvalue weighted by Gasteiger charge is -2.19. The number of anilines is 1. The molecule has 0 unspecified atom stereocenters. The van der Waals surface area contributed by atoms with Gasteiger partial charge in [-0.25, -0.2) is 4.39 Å². The van der Waals surface area contributed by atoms with Gasteiger partial charge < -0.3 is 5.32 Å². The van der Waals surface area contributed by atoms with Crippen LogP contribution in [-0.2, 0) is 11.6 Å². The fourth-order valence-electron chi connectivity index (χ4n) is 2.95. The number of hydrogen-bond acceptors (Lipinski definition) is 2. The minimum Gasteiger partial charge on any atom is -0.322 e. The molecule has 3 rings (SSSR count). The molecule has 1 N–H and O–H groups in total. The Kier molecular flexibility index (Phi) is 5.65. The first-order valence-corrected chi connectivity index (χ1v) is 9.21. The number of hydrogen-bond donors (Lipinski definition) is 1. The van der Waals surface area contributed by atoms with Gasteiger partial charge in [0.05, 0.1) is 11.3 Å². The van der Waals surface area contributed by atoms with Crippen molar-refractivity contribution < 1.29 is 22.4 Å². The highest BCUT2D eigenvalue weighted by Gasteiger charge is 2.35. The molecule has 1 aromatic heterocycles. The molecule has 0 aliphatic carbocycles. The van der Waals surface area contributed by atoms with Crippen molar-refractivity contribution in [1.29, 1.82) is 0 Å². The molecule has 0 aliphatic heterocycles. The summed E-state index contributed by atoms with van der Waals surface area (Å²) in [5.74, 6) is -1.53. The van der Waals surface area contributed by atoms with Crippen LogP contribution in [0.3, 0.4) is 0 Å². The lowest BCUT2D eigenvalue weighted by Crippen LogP contribution is -2.14. The van der Waals surface area contributed by atoms with Crippen molar-refractivity contribution >= 4 is 11.6 Å². The third-order valence-corrected chi connectivity index (χ3v) is 4.61. The maximum atomic E-state index is 14.6. The number of carbonyl (C=O) groups is 1. The molecule has 7 heteroatoms. The molecule has 1 heterocycles. The van der Waals surface area contributed by atoms with Gasteiger partial charge in [-0.05, 0) is 53.4 Å². The standard InChI is InChI=1S/C23H20F4N2O/c1-22(2,3)15-7-9-16(10-8-15)29-21(30)14-6-11-17(19(24)13-14)20-18(23(25,26)27)5-4-12-28-20/h4-13H,1-3H3,(H,29,30). The molecule has 0 saturated carbocycles. The zero-order chi connectivity index (χ0) is 22.1. The average molecular weight is 416 g/mol. The highest BCUT2D eigenvalue weighted by molar-refractivity contribution is 6.04. The number of benzene rings is 2. The molecule has 0 atom stereocenters. The summed E-state index contributed by atoms with van der Waals surface area (Å²) in [5.41, 5.74) is -0.322. The summed E-state index contributed by atoms with van der Waals surface area (Å²) in [4.78, 5) is 16.1. The first-order chi connectivity index (χ1) is 14.0. The Balaban J connectivity index is 1.85. The van der Waals surface area contributed by atoms with Crippen LogP contribution in [0.2, 0.25) is 0 Å². The molecule has 0 bridgehead atoms. The van der Waals surface area contributed by atoms with Gasteiger partial charge in [-0.1, -0.05) is 32.9 Å². The lowest BCUT2D eigenvalue weighted by molar-refractivity contribution is -0.137. The van der Waals surface area contributed by atoms with Crippen LogP contribution in [0.5, 0.6) is 0 Å². The van der Waals surface area contributed by atoms with E-state index in [1.807, 2.05) is 12.1 Å². The van der Waals surface area contributed by atoms with E-state index in [1.165, 1.54) is 6.07 Å². The quantitative estimate of drug-likeness (QED) is 0.498. The first-order valence-electron chi connectivity index (χ1n) is 9.21. The molecule has 0 spiro atoms. The smallest absolute Gasteiger partial charge is 0.322 e. The number of nitrogens with zero attached hydrogens (tertiary/aromatic N) is 1. The van der Waals surface area contributed by atoms with Gasteiger partial charge in [-0.2, -0.15) is 13.2 Å². The van der Waals surface area contributed by atoms with Gasteiger partial charge in [-0.15, -0.1) is 0 Å². The number of pyridine rings is 1. The minimum absolute atomic E-state index is 0.0133. The molecular formula is C23H20F4N2O. The van der Waals surface area contributed by atoms with Gasteiger partial charge in [0, 0.05) is 23.0 Å². The Bertz CT molecular complexity index is 1070. The van der Waals surface area contributed by atoms with Crippen LogP contribution in [0.15, 0.2) is 60.8 Å². The van der Waals surface area contributed by atoms with E-state index in [4.69, 9.17) is 0 Å². The lowest BCUT2D eigenvalue weighted by atomic mass is 9.87. The number of rotatable bonds is 3. The van der Waals surface area contributed by atoms with Gasteiger partial charge in [-0.3, -0.25) is 9.78 Å². The molecule has 0 aliphatic rings. The molecule has 0 radical (unpaired) electrons. The fraction of sp³-hybridized carbons (Fsp3) is 0.217. The van der Waals surface area contributed by atoms with Crippen LogP contribution in [0.25, 0.3) is 11.3 Å². The van der Waals surface area contributed by atoms with Gasteiger partial charge in [0.15, 0.2) is 0 Å². The monoisotopic (exact) mass is 416 g/mol. The van der Waals surface area contributed by atoms with Crippen LogP contribution in [0, 0.1) is 5.82 Å². The van der Waals surface area contributed by atoms with Crippen LogP contribution in [0.1, 0.15) is 42.3 Å². The van der Waals surface area contributed by atoms with E-state index < -0.39 is 29.2 Å². The Morgan fingerprint density at radius 1 is 0.967 bits per heavy atom. The Morgan fingerprint density at radius 3 is 2.20 bits per heavy atom. The van der Waals surface area contributed by atoms with E-state index in [9.17, 15) is 22.4 Å². The number of aromatic nitrogens is 1. The molecule has 3 aromatic rings. The number of carbonyl (C=O) groups excluding carboxylic acids is 1. The third kappa shape index (κ3) is 4.67. The van der Waals surface area contributed by atoms with Crippen LogP contribution >= 0.6 is 0 Å². The molecule has 0 saturated heterocycles. The number of nitrogens with one attached hydrogen (secondary N) is 1. The topological polar surface area (TPSA) is 42.0 Å². The third-order valence-electron chi connectivity index (χ3n) is 4.61. The highest BCUT2D eigenvalue weighted by atomic mass is 19.4. The van der Waals surface area contributed by atoms with E-state index >= 15 is 0 Å². The second-order valence-electron chi connectivity index (χ2n) is 7.87. The Hall–Kier alpha value is -3.22. The first kappa shape index (κ1) is 21.5. The molecular weight excluding hydrogens is 396 g/mol. The SMILES string of the molecule is CC(C)(C)c1ccc(NC(=O)c2ccc(-c3ncccc3C(F)(F)F)c(F)c2)cc1. The van der Waals surface area contributed by atoms with Gasteiger partial charge in [0.2, 0.25) is 0 Å². The van der Waals surface area contributed by atoms with E-state index in [1.54, 1.807) is 12.1 Å². The molecule has 30 heavy (non-hydrogen) atoms. The van der Waals surface area contributed by atoms with Crippen molar-refractivity contribution in [2.24, 2.45) is 0 Å². The van der Waals surface area contributed by atoms with E-state index in [-0.39, 0.29) is 16.5 Å². The van der Waals surface area contributed by atoms with Crippen molar-refractivity contribution in [2.45, 2.75) is 32.4 Å². The molecule has 156 valence electrons. The van der Waals surface area contributed by atoms with Crippen LogP contribution < -0.4 is 5.32 Å². The van der Waals surface area contributed by atoms with E-state index in [2.05, 4.69) is 31.1 Å². The summed E-state index contributed by atoms with van der Waals surface area (Å²) in [5, 5.41) is 2.66. The molecule has 3 nitrogen and oxygen atoms in total. The minimum atomic E-state index is -4.68. The molecule has 0 fully saturated rings. The predicted octanol–water partition coefficient (Wildman–Crippen LogP) is 6.46. The molecule has 1 amide bonds. The zero-order valence-corrected chi connectivity index (χ0v) is 16.6. The second kappa shape index (κ2) is 7.89. The summed E-state index contributed by atoms with van der Waals surface area (Å²) < 4.78 is 54.2. The van der Waals surface area contributed by atoms with Crippen molar-refractivity contribution in [2.75, 3.05) is 5.32 Å². The van der Waals surface area contributed by atoms with Crippen molar-refractivity contribution in [1.82, 2.24) is 4.98 Å².